The second-order valence-corrected chi connectivity index (χ2v) is 7.28. The van der Waals surface area contributed by atoms with Crippen molar-refractivity contribution < 1.29 is 23.5 Å². The van der Waals surface area contributed by atoms with Crippen LogP contribution in [0.4, 0.5) is 9.18 Å². The number of methoxy groups -OCH3 is 1. The van der Waals surface area contributed by atoms with Gasteiger partial charge in [-0.25, -0.2) is 4.39 Å². The van der Waals surface area contributed by atoms with Gasteiger partial charge in [0, 0.05) is 6.54 Å². The summed E-state index contributed by atoms with van der Waals surface area (Å²) in [7, 11) is 1.47. The van der Waals surface area contributed by atoms with Gasteiger partial charge in [0.15, 0.2) is 11.5 Å². The summed E-state index contributed by atoms with van der Waals surface area (Å²) in [6.07, 6.45) is 1.59. The number of hydrogen-bond donors (Lipinski definition) is 0. The molecule has 0 atom stereocenters. The number of likely N-dealkylation sites (N-methyl/N-ethyl adjacent to an activating group) is 1. The van der Waals surface area contributed by atoms with E-state index in [4.69, 9.17) is 21.1 Å². The van der Waals surface area contributed by atoms with Gasteiger partial charge in [0.2, 0.25) is 0 Å². The average molecular weight is 422 g/mol. The van der Waals surface area contributed by atoms with E-state index >= 15 is 0 Å². The smallest absolute Gasteiger partial charge is 0.293 e. The molecule has 1 heterocycles. The molecule has 0 saturated carbocycles. The first-order chi connectivity index (χ1) is 13.4. The highest BCUT2D eigenvalue weighted by Crippen LogP contribution is 2.39. The Morgan fingerprint density at radius 3 is 2.68 bits per heavy atom. The summed E-state index contributed by atoms with van der Waals surface area (Å²) in [5.41, 5.74) is 1.25. The van der Waals surface area contributed by atoms with Crippen LogP contribution >= 0.6 is 23.4 Å². The van der Waals surface area contributed by atoms with Crippen molar-refractivity contribution in [3.05, 3.63) is 63.3 Å². The molecule has 0 radical (unpaired) electrons. The maximum Gasteiger partial charge on any atom is 0.293 e. The van der Waals surface area contributed by atoms with Gasteiger partial charge in [-0.1, -0.05) is 23.7 Å². The predicted molar refractivity (Wildman–Crippen MR) is 107 cm³/mol. The van der Waals surface area contributed by atoms with Crippen LogP contribution in [0.2, 0.25) is 5.02 Å². The summed E-state index contributed by atoms with van der Waals surface area (Å²) in [4.78, 5) is 25.6. The minimum absolute atomic E-state index is 0.114. The Bertz CT molecular complexity index is 963. The number of imide groups is 1. The van der Waals surface area contributed by atoms with Crippen LogP contribution in [-0.2, 0) is 11.4 Å². The molecule has 0 aliphatic carbocycles. The largest absolute Gasteiger partial charge is 0.493 e. The Labute approximate surface area is 171 Å². The zero-order valence-corrected chi connectivity index (χ0v) is 16.8. The molecule has 28 heavy (non-hydrogen) atoms. The minimum Gasteiger partial charge on any atom is -0.493 e. The molecule has 0 N–H and O–H groups in total. The highest BCUT2D eigenvalue weighted by atomic mass is 35.5. The summed E-state index contributed by atoms with van der Waals surface area (Å²) in [6, 6.07) is 9.34. The number of thioether (sulfide) groups is 1. The van der Waals surface area contributed by atoms with Crippen LogP contribution in [0, 0.1) is 5.82 Å². The topological polar surface area (TPSA) is 55.8 Å². The number of rotatable bonds is 6. The van der Waals surface area contributed by atoms with Gasteiger partial charge in [-0.15, -0.1) is 0 Å². The Kier molecular flexibility index (Phi) is 6.26. The van der Waals surface area contributed by atoms with E-state index < -0.39 is 0 Å². The Morgan fingerprint density at radius 1 is 1.25 bits per heavy atom. The molecular formula is C20H17ClFNO4S. The Hall–Kier alpha value is -2.51. The fourth-order valence-corrected chi connectivity index (χ4v) is 3.85. The molecule has 1 aliphatic rings. The molecule has 1 aliphatic heterocycles. The van der Waals surface area contributed by atoms with Gasteiger partial charge in [-0.05, 0) is 60.2 Å². The molecule has 2 aromatic rings. The SMILES string of the molecule is CCN1C(=O)SC(=Cc2cc(Cl)c(OCc3cccc(F)c3)c(OC)c2)C1=O. The molecule has 0 unspecified atom stereocenters. The summed E-state index contributed by atoms with van der Waals surface area (Å²) >= 11 is 7.22. The molecule has 3 rings (SSSR count). The molecule has 8 heteroatoms. The van der Waals surface area contributed by atoms with Gasteiger partial charge in [-0.3, -0.25) is 14.5 Å². The molecule has 2 aromatic carbocycles. The number of benzene rings is 2. The maximum atomic E-state index is 13.3. The Morgan fingerprint density at radius 2 is 2.04 bits per heavy atom. The number of hydrogen-bond acceptors (Lipinski definition) is 5. The van der Waals surface area contributed by atoms with E-state index in [1.807, 2.05) is 0 Å². The van der Waals surface area contributed by atoms with Crippen molar-refractivity contribution in [3.8, 4) is 11.5 Å². The first-order valence-corrected chi connectivity index (χ1v) is 9.62. The number of nitrogens with zero attached hydrogens (tertiary/aromatic N) is 1. The summed E-state index contributed by atoms with van der Waals surface area (Å²) < 4.78 is 24.4. The van der Waals surface area contributed by atoms with E-state index in [1.165, 1.54) is 24.1 Å². The third kappa shape index (κ3) is 4.31. The number of carbonyl (C=O) groups excluding carboxylic acids is 2. The molecule has 0 bridgehead atoms. The molecule has 5 nitrogen and oxygen atoms in total. The van der Waals surface area contributed by atoms with Gasteiger partial charge in [-0.2, -0.15) is 0 Å². The number of ether oxygens (including phenoxy) is 2. The number of halogens is 2. The summed E-state index contributed by atoms with van der Waals surface area (Å²) in [5, 5.41) is -0.0245. The van der Waals surface area contributed by atoms with Crippen LogP contribution in [-0.4, -0.2) is 29.7 Å². The Balaban J connectivity index is 1.85. The van der Waals surface area contributed by atoms with Crippen molar-refractivity contribution in [2.75, 3.05) is 13.7 Å². The standard InChI is InChI=1S/C20H17ClFNO4S/c1-3-23-19(24)17(28-20(23)25)10-13-8-15(21)18(16(9-13)26-2)27-11-12-5-4-6-14(22)7-12/h4-10H,3,11H2,1-2H3. The third-order valence-electron chi connectivity index (χ3n) is 4.01. The maximum absolute atomic E-state index is 13.3. The lowest BCUT2D eigenvalue weighted by molar-refractivity contribution is -0.122. The van der Waals surface area contributed by atoms with Crippen LogP contribution < -0.4 is 9.47 Å². The van der Waals surface area contributed by atoms with E-state index in [9.17, 15) is 14.0 Å². The van der Waals surface area contributed by atoms with Gasteiger partial charge in [0.05, 0.1) is 17.0 Å². The van der Waals surface area contributed by atoms with E-state index in [0.29, 0.717) is 34.1 Å². The van der Waals surface area contributed by atoms with Crippen LogP contribution in [0.5, 0.6) is 11.5 Å². The van der Waals surface area contributed by atoms with Crippen LogP contribution in [0.1, 0.15) is 18.1 Å². The molecular weight excluding hydrogens is 405 g/mol. The lowest BCUT2D eigenvalue weighted by atomic mass is 10.1. The second kappa shape index (κ2) is 8.67. The average Bonchev–Trinajstić information content (AvgIpc) is 2.93. The van der Waals surface area contributed by atoms with Gasteiger partial charge >= 0.3 is 0 Å². The lowest BCUT2D eigenvalue weighted by Gasteiger charge is -2.13. The van der Waals surface area contributed by atoms with Gasteiger partial charge in [0.1, 0.15) is 12.4 Å². The fraction of sp³-hybridized carbons (Fsp3) is 0.200. The van der Waals surface area contributed by atoms with E-state index in [-0.39, 0.29) is 28.6 Å². The zero-order valence-electron chi connectivity index (χ0n) is 15.2. The van der Waals surface area contributed by atoms with Crippen molar-refractivity contribution in [2.45, 2.75) is 13.5 Å². The molecule has 0 aromatic heterocycles. The highest BCUT2D eigenvalue weighted by molar-refractivity contribution is 8.18. The zero-order chi connectivity index (χ0) is 20.3. The van der Waals surface area contributed by atoms with Crippen molar-refractivity contribution in [3.63, 3.8) is 0 Å². The van der Waals surface area contributed by atoms with Crippen molar-refractivity contribution in [1.82, 2.24) is 4.90 Å². The monoisotopic (exact) mass is 421 g/mol. The second-order valence-electron chi connectivity index (χ2n) is 5.88. The fourth-order valence-electron chi connectivity index (χ4n) is 2.67. The van der Waals surface area contributed by atoms with E-state index in [1.54, 1.807) is 37.3 Å². The van der Waals surface area contributed by atoms with Crippen molar-refractivity contribution in [1.29, 1.82) is 0 Å². The highest BCUT2D eigenvalue weighted by Gasteiger charge is 2.33. The third-order valence-corrected chi connectivity index (χ3v) is 5.20. The number of carbonyl (C=O) groups is 2. The molecule has 0 spiro atoms. The van der Waals surface area contributed by atoms with Crippen LogP contribution in [0.25, 0.3) is 6.08 Å². The van der Waals surface area contributed by atoms with E-state index in [0.717, 1.165) is 11.8 Å². The first kappa shape index (κ1) is 20.2. The predicted octanol–water partition coefficient (Wildman–Crippen LogP) is 5.12. The normalized spacial score (nSPS) is 15.4. The van der Waals surface area contributed by atoms with E-state index in [2.05, 4.69) is 0 Å². The lowest BCUT2D eigenvalue weighted by Crippen LogP contribution is -2.27. The summed E-state index contributed by atoms with van der Waals surface area (Å²) in [5.74, 6) is -0.00771. The number of amides is 2. The van der Waals surface area contributed by atoms with Gasteiger partial charge in [0.25, 0.3) is 11.1 Å². The summed E-state index contributed by atoms with van der Waals surface area (Å²) in [6.45, 7) is 2.17. The quantitative estimate of drug-likeness (QED) is 0.606. The van der Waals surface area contributed by atoms with Crippen LogP contribution in [0.15, 0.2) is 41.3 Å². The molecule has 1 saturated heterocycles. The van der Waals surface area contributed by atoms with Crippen LogP contribution in [0.3, 0.4) is 0 Å². The minimum atomic E-state index is -0.351. The molecule has 1 fully saturated rings. The van der Waals surface area contributed by atoms with Gasteiger partial charge < -0.3 is 9.47 Å². The molecule has 146 valence electrons. The molecule has 2 amide bonds. The van der Waals surface area contributed by atoms with Crippen molar-refractivity contribution in [2.24, 2.45) is 0 Å². The first-order valence-electron chi connectivity index (χ1n) is 8.43. The van der Waals surface area contributed by atoms with Crippen molar-refractivity contribution >= 4 is 40.6 Å².